The molecule has 0 atom stereocenters. The molecule has 0 saturated heterocycles. The number of hydrogen-bond acceptors (Lipinski definition) is 8. The van der Waals surface area contributed by atoms with Crippen LogP contribution in [0.15, 0.2) is 101 Å². The Balaban J connectivity index is 1.16. The second kappa shape index (κ2) is 14.1. The summed E-state index contributed by atoms with van der Waals surface area (Å²) in [5.41, 5.74) is 8.68. The number of aromatic nitrogens is 1. The van der Waals surface area contributed by atoms with Gasteiger partial charge in [-0.3, -0.25) is 4.79 Å². The van der Waals surface area contributed by atoms with E-state index >= 15 is 0 Å². The molecule has 3 N–H and O–H groups in total. The lowest BCUT2D eigenvalue weighted by molar-refractivity contribution is 0.0696. The van der Waals surface area contributed by atoms with Crippen molar-refractivity contribution in [1.82, 2.24) is 10.4 Å². The van der Waals surface area contributed by atoms with Crippen LogP contribution in [0.25, 0.3) is 11.3 Å². The van der Waals surface area contributed by atoms with Gasteiger partial charge >= 0.3 is 5.97 Å². The monoisotopic (exact) mass is 606 g/mol. The highest BCUT2D eigenvalue weighted by molar-refractivity contribution is 7.14. The summed E-state index contributed by atoms with van der Waals surface area (Å²) in [5, 5.41) is 19.2. The van der Waals surface area contributed by atoms with E-state index in [4.69, 9.17) is 14.6 Å². The number of thiazole rings is 1. The molecular weight excluding hydrogens is 576 g/mol. The maximum absolute atomic E-state index is 12.7. The predicted molar refractivity (Wildman–Crippen MR) is 172 cm³/mol. The first kappa shape index (κ1) is 30.0. The summed E-state index contributed by atoms with van der Waals surface area (Å²) < 4.78 is 11.6. The molecule has 10 heteroatoms. The molecule has 5 rings (SSSR count). The second-order valence-corrected chi connectivity index (χ2v) is 10.6. The van der Waals surface area contributed by atoms with Crippen LogP contribution in [0.4, 0.5) is 10.8 Å². The van der Waals surface area contributed by atoms with Gasteiger partial charge in [0.25, 0.3) is 5.91 Å². The summed E-state index contributed by atoms with van der Waals surface area (Å²) in [7, 11) is 0. The molecule has 9 nitrogen and oxygen atoms in total. The van der Waals surface area contributed by atoms with Gasteiger partial charge in [0.15, 0.2) is 16.6 Å². The standard InChI is InChI=1S/C34H30N4O5S/c1-3-42-31-18-24(8-17-30(31)43-20-23-6-9-27(10-7-23)33(40)41)19-35-38-32(39)26-13-11-25(12-14-26)29-21-44-34(37-29)36-28-15-4-22(2)5-16-28/h4-19,21H,3,20H2,1-2H3,(H,36,37)(H,38,39)(H,40,41)/b35-19-. The number of ether oxygens (including phenoxy) is 2. The molecule has 4 aromatic carbocycles. The molecule has 0 saturated carbocycles. The number of carbonyl (C=O) groups is 2. The third kappa shape index (κ3) is 7.87. The van der Waals surface area contributed by atoms with Gasteiger partial charge in [0.1, 0.15) is 6.61 Å². The number of hydrogen-bond donors (Lipinski definition) is 3. The second-order valence-electron chi connectivity index (χ2n) is 9.74. The molecule has 1 aromatic heterocycles. The van der Waals surface area contributed by atoms with Gasteiger partial charge in [0.05, 0.1) is 24.1 Å². The number of benzene rings is 4. The molecule has 5 aromatic rings. The summed E-state index contributed by atoms with van der Waals surface area (Å²) in [6.45, 7) is 4.60. The number of nitrogens with zero attached hydrogens (tertiary/aromatic N) is 2. The van der Waals surface area contributed by atoms with Gasteiger partial charge in [-0.15, -0.1) is 11.3 Å². The van der Waals surface area contributed by atoms with Crippen molar-refractivity contribution in [2.45, 2.75) is 20.5 Å². The van der Waals surface area contributed by atoms with Crippen LogP contribution in [0.3, 0.4) is 0 Å². The summed E-state index contributed by atoms with van der Waals surface area (Å²) in [5.74, 6) is -0.254. The normalized spacial score (nSPS) is 10.9. The number of anilines is 2. The van der Waals surface area contributed by atoms with E-state index in [-0.39, 0.29) is 18.1 Å². The van der Waals surface area contributed by atoms with Crippen molar-refractivity contribution in [3.8, 4) is 22.8 Å². The quantitative estimate of drug-likeness (QED) is 0.101. The maximum Gasteiger partial charge on any atom is 0.335 e. The Labute approximate surface area is 258 Å². The van der Waals surface area contributed by atoms with Crippen molar-refractivity contribution in [2.24, 2.45) is 5.10 Å². The maximum atomic E-state index is 12.7. The van der Waals surface area contributed by atoms with Gasteiger partial charge in [-0.2, -0.15) is 5.10 Å². The number of carbonyl (C=O) groups excluding carboxylic acids is 1. The first-order chi connectivity index (χ1) is 21.4. The van der Waals surface area contributed by atoms with E-state index in [2.05, 4.69) is 20.8 Å². The van der Waals surface area contributed by atoms with Crippen molar-refractivity contribution < 1.29 is 24.2 Å². The van der Waals surface area contributed by atoms with Crippen LogP contribution in [0.2, 0.25) is 0 Å². The van der Waals surface area contributed by atoms with E-state index < -0.39 is 5.97 Å². The minimum absolute atomic E-state index is 0.216. The molecular formula is C34H30N4O5S. The van der Waals surface area contributed by atoms with Crippen molar-refractivity contribution in [3.63, 3.8) is 0 Å². The minimum Gasteiger partial charge on any atom is -0.490 e. The number of rotatable bonds is 12. The zero-order valence-electron chi connectivity index (χ0n) is 24.1. The number of hydrazone groups is 1. The fraction of sp³-hybridized carbons (Fsp3) is 0.118. The van der Waals surface area contributed by atoms with Gasteiger partial charge in [-0.1, -0.05) is 42.0 Å². The molecule has 0 unspecified atom stereocenters. The number of carboxylic acid groups (broad SMARTS) is 1. The number of aromatic carboxylic acids is 1. The van der Waals surface area contributed by atoms with Crippen LogP contribution in [0, 0.1) is 6.92 Å². The van der Waals surface area contributed by atoms with E-state index in [1.165, 1.54) is 35.2 Å². The molecule has 1 amide bonds. The average molecular weight is 607 g/mol. The highest BCUT2D eigenvalue weighted by Crippen LogP contribution is 2.29. The lowest BCUT2D eigenvalue weighted by Crippen LogP contribution is -2.17. The summed E-state index contributed by atoms with van der Waals surface area (Å²) in [6, 6.07) is 27.1. The van der Waals surface area contributed by atoms with E-state index in [9.17, 15) is 9.59 Å². The number of nitrogens with one attached hydrogen (secondary N) is 2. The van der Waals surface area contributed by atoms with Crippen LogP contribution in [0.5, 0.6) is 11.5 Å². The Morgan fingerprint density at radius 3 is 2.34 bits per heavy atom. The first-order valence-electron chi connectivity index (χ1n) is 13.8. The third-order valence-electron chi connectivity index (χ3n) is 6.49. The van der Waals surface area contributed by atoms with Gasteiger partial charge < -0.3 is 19.9 Å². The molecule has 0 bridgehead atoms. The number of amides is 1. The van der Waals surface area contributed by atoms with Crippen LogP contribution in [-0.2, 0) is 6.61 Å². The Morgan fingerprint density at radius 1 is 0.909 bits per heavy atom. The molecule has 0 fully saturated rings. The van der Waals surface area contributed by atoms with E-state index in [0.29, 0.717) is 29.2 Å². The van der Waals surface area contributed by atoms with Crippen molar-refractivity contribution in [2.75, 3.05) is 11.9 Å². The molecule has 0 radical (unpaired) electrons. The Bertz CT molecular complexity index is 1770. The van der Waals surface area contributed by atoms with Gasteiger partial charge in [0, 0.05) is 22.2 Å². The van der Waals surface area contributed by atoms with Crippen LogP contribution < -0.4 is 20.2 Å². The molecule has 0 aliphatic heterocycles. The molecule has 0 spiro atoms. The zero-order chi connectivity index (χ0) is 30.9. The Morgan fingerprint density at radius 2 is 1.64 bits per heavy atom. The van der Waals surface area contributed by atoms with E-state index in [1.54, 1.807) is 42.5 Å². The smallest absolute Gasteiger partial charge is 0.335 e. The Kier molecular flexibility index (Phi) is 9.63. The molecule has 0 aliphatic rings. The number of aryl methyl sites for hydroxylation is 1. The van der Waals surface area contributed by atoms with Gasteiger partial charge in [0.2, 0.25) is 0 Å². The van der Waals surface area contributed by atoms with Crippen LogP contribution in [-0.4, -0.2) is 34.8 Å². The highest BCUT2D eigenvalue weighted by atomic mass is 32.1. The van der Waals surface area contributed by atoms with Crippen molar-refractivity contribution in [3.05, 3.63) is 124 Å². The van der Waals surface area contributed by atoms with E-state index in [1.807, 2.05) is 55.6 Å². The highest BCUT2D eigenvalue weighted by Gasteiger charge is 2.10. The van der Waals surface area contributed by atoms with Crippen LogP contribution >= 0.6 is 11.3 Å². The largest absolute Gasteiger partial charge is 0.490 e. The average Bonchev–Trinajstić information content (AvgIpc) is 3.50. The SMILES string of the molecule is CCOc1cc(/C=N\NC(=O)c2ccc(-c3csc(Nc4ccc(C)cc4)n3)cc2)ccc1OCc1ccc(C(=O)O)cc1. The summed E-state index contributed by atoms with van der Waals surface area (Å²) >= 11 is 1.52. The fourth-order valence-corrected chi connectivity index (χ4v) is 4.88. The van der Waals surface area contributed by atoms with E-state index in [0.717, 1.165) is 27.6 Å². The zero-order valence-corrected chi connectivity index (χ0v) is 24.9. The summed E-state index contributed by atoms with van der Waals surface area (Å²) in [6.07, 6.45) is 1.53. The third-order valence-corrected chi connectivity index (χ3v) is 7.25. The lowest BCUT2D eigenvalue weighted by Gasteiger charge is -2.13. The molecule has 1 heterocycles. The first-order valence-corrected chi connectivity index (χ1v) is 14.7. The van der Waals surface area contributed by atoms with Gasteiger partial charge in [-0.25, -0.2) is 15.2 Å². The lowest BCUT2D eigenvalue weighted by atomic mass is 10.1. The van der Waals surface area contributed by atoms with Crippen LogP contribution in [0.1, 0.15) is 44.3 Å². The molecule has 222 valence electrons. The van der Waals surface area contributed by atoms with Crippen molar-refractivity contribution >= 4 is 40.2 Å². The fourth-order valence-electron chi connectivity index (χ4n) is 4.14. The van der Waals surface area contributed by atoms with Crippen molar-refractivity contribution in [1.29, 1.82) is 0 Å². The molecule has 0 aliphatic carbocycles. The summed E-state index contributed by atoms with van der Waals surface area (Å²) in [4.78, 5) is 28.4. The Hall–Kier alpha value is -5.48. The minimum atomic E-state index is -0.976. The predicted octanol–water partition coefficient (Wildman–Crippen LogP) is 7.30. The molecule has 44 heavy (non-hydrogen) atoms. The van der Waals surface area contributed by atoms with Gasteiger partial charge in [-0.05, 0) is 79.6 Å². The topological polar surface area (TPSA) is 122 Å². The number of carboxylic acids is 1.